The van der Waals surface area contributed by atoms with Gasteiger partial charge in [-0.3, -0.25) is 4.98 Å². The lowest BCUT2D eigenvalue weighted by Gasteiger charge is -2.24. The van der Waals surface area contributed by atoms with Gasteiger partial charge in [-0.1, -0.05) is 81.8 Å². The molecule has 0 N–H and O–H groups in total. The van der Waals surface area contributed by atoms with E-state index < -0.39 is 0 Å². The fraction of sp³-hybridized carbons (Fsp3) is 0.286. The molecule has 2 aromatic carbocycles. The van der Waals surface area contributed by atoms with Crippen molar-refractivity contribution in [1.82, 2.24) is 4.98 Å². The van der Waals surface area contributed by atoms with Crippen LogP contribution in [-0.2, 0) is 6.42 Å². The molecule has 0 saturated heterocycles. The Morgan fingerprint density at radius 2 is 1.59 bits per heavy atom. The van der Waals surface area contributed by atoms with E-state index in [2.05, 4.69) is 75.4 Å². The first kappa shape index (κ1) is 14.8. The van der Waals surface area contributed by atoms with E-state index in [0.29, 0.717) is 0 Å². The summed E-state index contributed by atoms with van der Waals surface area (Å²) in [7, 11) is 0. The van der Waals surface area contributed by atoms with Gasteiger partial charge in [0, 0.05) is 22.8 Å². The molecule has 0 aliphatic heterocycles. The van der Waals surface area contributed by atoms with Crippen LogP contribution in [0.25, 0.3) is 21.9 Å². The van der Waals surface area contributed by atoms with Crippen molar-refractivity contribution >= 4 is 10.8 Å². The van der Waals surface area contributed by atoms with Crippen LogP contribution in [0.2, 0.25) is 0 Å². The molecule has 0 bridgehead atoms. The summed E-state index contributed by atoms with van der Waals surface area (Å²) < 4.78 is 0. The minimum Gasteiger partial charge on any atom is -0.260 e. The summed E-state index contributed by atoms with van der Waals surface area (Å²) in [5, 5.41) is 2.50. The topological polar surface area (TPSA) is 12.9 Å². The normalized spacial score (nSPS) is 11.8. The quantitative estimate of drug-likeness (QED) is 0.584. The molecule has 0 spiro atoms. The van der Waals surface area contributed by atoms with Crippen LogP contribution in [0.15, 0.2) is 60.8 Å². The molecule has 0 saturated carbocycles. The Balaban J connectivity index is 2.24. The Kier molecular flexibility index (Phi) is 3.98. The summed E-state index contributed by atoms with van der Waals surface area (Å²) in [6, 6.07) is 19.2. The van der Waals surface area contributed by atoms with Gasteiger partial charge in [0.1, 0.15) is 0 Å². The van der Waals surface area contributed by atoms with Gasteiger partial charge in [0.25, 0.3) is 0 Å². The van der Waals surface area contributed by atoms with E-state index in [1.54, 1.807) is 0 Å². The number of nitrogens with zero attached hydrogens (tertiary/aromatic N) is 1. The third-order valence-corrected chi connectivity index (χ3v) is 4.54. The average molecular weight is 289 g/mol. The fourth-order valence-electron chi connectivity index (χ4n) is 2.84. The minimum atomic E-state index is 0.263. The van der Waals surface area contributed by atoms with Crippen molar-refractivity contribution < 1.29 is 0 Å². The zero-order chi connectivity index (χ0) is 15.6. The number of benzene rings is 2. The van der Waals surface area contributed by atoms with Gasteiger partial charge in [-0.05, 0) is 22.8 Å². The molecule has 0 unspecified atom stereocenters. The number of pyridine rings is 1. The maximum Gasteiger partial charge on any atom is 0.0493 e. The first-order valence-electron chi connectivity index (χ1n) is 8.03. The van der Waals surface area contributed by atoms with Crippen molar-refractivity contribution in [3.8, 4) is 11.1 Å². The maximum absolute atomic E-state index is 4.82. The molecule has 0 aliphatic rings. The van der Waals surface area contributed by atoms with Gasteiger partial charge in [0.05, 0.1) is 0 Å². The molecule has 22 heavy (non-hydrogen) atoms. The molecular formula is C21H23N. The van der Waals surface area contributed by atoms with E-state index in [4.69, 9.17) is 4.98 Å². The summed E-state index contributed by atoms with van der Waals surface area (Å²) in [6.07, 6.45) is 4.16. The lowest BCUT2D eigenvalue weighted by molar-refractivity contribution is 0.346. The zero-order valence-corrected chi connectivity index (χ0v) is 13.6. The van der Waals surface area contributed by atoms with Gasteiger partial charge >= 0.3 is 0 Å². The summed E-state index contributed by atoms with van der Waals surface area (Å²) in [5.74, 6) is 0. The van der Waals surface area contributed by atoms with Gasteiger partial charge in [-0.25, -0.2) is 0 Å². The summed E-state index contributed by atoms with van der Waals surface area (Å²) in [6.45, 7) is 6.89. The maximum atomic E-state index is 4.82. The van der Waals surface area contributed by atoms with Crippen molar-refractivity contribution in [2.24, 2.45) is 5.41 Å². The predicted octanol–water partition coefficient (Wildman–Crippen LogP) is 5.88. The number of rotatable bonds is 4. The molecule has 0 radical (unpaired) electrons. The van der Waals surface area contributed by atoms with E-state index in [-0.39, 0.29) is 5.41 Å². The van der Waals surface area contributed by atoms with E-state index in [1.807, 2.05) is 6.20 Å². The van der Waals surface area contributed by atoms with Gasteiger partial charge in [0.15, 0.2) is 0 Å². The van der Waals surface area contributed by atoms with Crippen LogP contribution in [0.5, 0.6) is 0 Å². The zero-order valence-electron chi connectivity index (χ0n) is 13.6. The number of hydrogen-bond donors (Lipinski definition) is 0. The highest BCUT2D eigenvalue weighted by Gasteiger charge is 2.20. The van der Waals surface area contributed by atoms with Crippen LogP contribution < -0.4 is 0 Å². The summed E-state index contributed by atoms with van der Waals surface area (Å²) >= 11 is 0. The van der Waals surface area contributed by atoms with Gasteiger partial charge in [-0.2, -0.15) is 0 Å². The van der Waals surface area contributed by atoms with Gasteiger partial charge < -0.3 is 0 Å². The summed E-state index contributed by atoms with van der Waals surface area (Å²) in [5.41, 5.74) is 4.02. The largest absolute Gasteiger partial charge is 0.260 e. The Hall–Kier alpha value is -2.15. The fourth-order valence-corrected chi connectivity index (χ4v) is 2.84. The highest BCUT2D eigenvalue weighted by atomic mass is 14.7. The van der Waals surface area contributed by atoms with Crippen LogP contribution >= 0.6 is 0 Å². The second-order valence-corrected chi connectivity index (χ2v) is 6.73. The molecule has 1 aromatic heterocycles. The molecule has 112 valence electrons. The molecule has 3 rings (SSSR count). The number of hydrogen-bond acceptors (Lipinski definition) is 1. The SMILES string of the molecule is CCC(C)(C)Cc1ncc2ccccc2c1-c1ccccc1. The van der Waals surface area contributed by atoms with E-state index in [1.165, 1.54) is 27.6 Å². The Morgan fingerprint density at radius 3 is 2.32 bits per heavy atom. The summed E-state index contributed by atoms with van der Waals surface area (Å²) in [4.78, 5) is 4.82. The first-order chi connectivity index (χ1) is 10.6. The molecule has 0 atom stereocenters. The highest BCUT2D eigenvalue weighted by Crippen LogP contribution is 2.35. The molecule has 3 aromatic rings. The lowest BCUT2D eigenvalue weighted by Crippen LogP contribution is -2.15. The van der Waals surface area contributed by atoms with Crippen LogP contribution in [0.3, 0.4) is 0 Å². The van der Waals surface area contributed by atoms with Crippen LogP contribution in [0, 0.1) is 5.41 Å². The third kappa shape index (κ3) is 2.89. The molecule has 1 nitrogen and oxygen atoms in total. The smallest absolute Gasteiger partial charge is 0.0493 e. The highest BCUT2D eigenvalue weighted by molar-refractivity contribution is 5.97. The van der Waals surface area contributed by atoms with Crippen molar-refractivity contribution in [2.75, 3.05) is 0 Å². The van der Waals surface area contributed by atoms with Gasteiger partial charge in [0.2, 0.25) is 0 Å². The second-order valence-electron chi connectivity index (χ2n) is 6.73. The van der Waals surface area contributed by atoms with E-state index in [0.717, 1.165) is 12.8 Å². The third-order valence-electron chi connectivity index (χ3n) is 4.54. The predicted molar refractivity (Wildman–Crippen MR) is 95.0 cm³/mol. The van der Waals surface area contributed by atoms with Crippen molar-refractivity contribution in [3.05, 3.63) is 66.5 Å². The minimum absolute atomic E-state index is 0.263. The van der Waals surface area contributed by atoms with Crippen molar-refractivity contribution in [1.29, 1.82) is 0 Å². The molecule has 0 amide bonds. The van der Waals surface area contributed by atoms with E-state index >= 15 is 0 Å². The number of fused-ring (bicyclic) bond motifs is 1. The molecule has 1 heterocycles. The standard InChI is InChI=1S/C21H23N/c1-4-21(2,3)14-19-20(16-10-6-5-7-11-16)18-13-9-8-12-17(18)15-22-19/h5-13,15H,4,14H2,1-3H3. The van der Waals surface area contributed by atoms with Crippen molar-refractivity contribution in [3.63, 3.8) is 0 Å². The molecule has 0 fully saturated rings. The Labute approximate surface area is 133 Å². The van der Waals surface area contributed by atoms with Crippen LogP contribution in [-0.4, -0.2) is 4.98 Å². The van der Waals surface area contributed by atoms with Crippen LogP contribution in [0.4, 0.5) is 0 Å². The lowest BCUT2D eigenvalue weighted by atomic mass is 9.82. The van der Waals surface area contributed by atoms with Gasteiger partial charge in [-0.15, -0.1) is 0 Å². The Morgan fingerprint density at radius 1 is 0.909 bits per heavy atom. The monoisotopic (exact) mass is 289 g/mol. The second kappa shape index (κ2) is 5.92. The first-order valence-corrected chi connectivity index (χ1v) is 8.03. The van der Waals surface area contributed by atoms with E-state index in [9.17, 15) is 0 Å². The molecule has 0 aliphatic carbocycles. The Bertz CT molecular complexity index is 772. The van der Waals surface area contributed by atoms with Crippen LogP contribution in [0.1, 0.15) is 32.9 Å². The number of aromatic nitrogens is 1. The van der Waals surface area contributed by atoms with Crippen molar-refractivity contribution in [2.45, 2.75) is 33.6 Å². The molecule has 1 heteroatoms. The average Bonchev–Trinajstić information content (AvgIpc) is 2.55. The molecular weight excluding hydrogens is 266 g/mol.